The van der Waals surface area contributed by atoms with E-state index in [0.29, 0.717) is 24.3 Å². The zero-order valence-electron chi connectivity index (χ0n) is 14.8. The van der Waals surface area contributed by atoms with Crippen molar-refractivity contribution in [2.24, 2.45) is 5.92 Å². The van der Waals surface area contributed by atoms with Crippen LogP contribution in [-0.2, 0) is 4.74 Å². The highest BCUT2D eigenvalue weighted by molar-refractivity contribution is 5.89. The Hall–Kier alpha value is -2.63. The van der Waals surface area contributed by atoms with Crippen molar-refractivity contribution in [2.75, 3.05) is 16.8 Å². The minimum absolute atomic E-state index is 0.0156. The Morgan fingerprint density at radius 3 is 2.72 bits per heavy atom. The summed E-state index contributed by atoms with van der Waals surface area (Å²) in [5.41, 5.74) is 1.15. The normalized spacial score (nSPS) is 18.3. The van der Waals surface area contributed by atoms with Gasteiger partial charge >= 0.3 is 6.09 Å². The van der Waals surface area contributed by atoms with Gasteiger partial charge in [-0.25, -0.2) is 9.78 Å². The fraction of sp³-hybridized carbons (Fsp3) is 0.421. The molecule has 0 unspecified atom stereocenters. The summed E-state index contributed by atoms with van der Waals surface area (Å²) in [4.78, 5) is 22.6. The molecule has 0 saturated carbocycles. The molecule has 1 aromatic heterocycles. The molecular weight excluding hydrogens is 316 g/mol. The van der Waals surface area contributed by atoms with Crippen molar-refractivity contribution in [1.82, 2.24) is 9.97 Å². The molecule has 1 N–H and O–H groups in total. The van der Waals surface area contributed by atoms with Crippen molar-refractivity contribution >= 4 is 17.9 Å². The van der Waals surface area contributed by atoms with E-state index in [1.165, 1.54) is 0 Å². The van der Waals surface area contributed by atoms with Gasteiger partial charge in [-0.05, 0) is 30.9 Å². The first kappa shape index (κ1) is 17.2. The van der Waals surface area contributed by atoms with Gasteiger partial charge in [0.25, 0.3) is 0 Å². The highest BCUT2D eigenvalue weighted by Gasteiger charge is 2.35. The van der Waals surface area contributed by atoms with Gasteiger partial charge in [0.1, 0.15) is 12.4 Å². The lowest BCUT2D eigenvalue weighted by Crippen LogP contribution is -2.35. The average molecular weight is 340 g/mol. The van der Waals surface area contributed by atoms with Crippen LogP contribution in [0, 0.1) is 5.92 Å². The van der Waals surface area contributed by atoms with E-state index in [4.69, 9.17) is 4.74 Å². The van der Waals surface area contributed by atoms with E-state index in [-0.39, 0.29) is 18.2 Å². The highest BCUT2D eigenvalue weighted by atomic mass is 16.6. The minimum atomic E-state index is -0.341. The Morgan fingerprint density at radius 2 is 2.00 bits per heavy atom. The highest BCUT2D eigenvalue weighted by Crippen LogP contribution is 2.26. The lowest BCUT2D eigenvalue weighted by molar-refractivity contribution is 0.178. The number of amides is 1. The molecule has 0 radical (unpaired) electrons. The molecule has 1 saturated heterocycles. The first-order valence-corrected chi connectivity index (χ1v) is 8.65. The van der Waals surface area contributed by atoms with Crippen molar-refractivity contribution in [3.63, 3.8) is 0 Å². The third-order valence-corrected chi connectivity index (χ3v) is 4.24. The van der Waals surface area contributed by atoms with Crippen molar-refractivity contribution in [3.8, 4) is 0 Å². The van der Waals surface area contributed by atoms with Crippen LogP contribution >= 0.6 is 0 Å². The maximum atomic E-state index is 12.1. The number of hydrogen-bond acceptors (Lipinski definition) is 5. The Morgan fingerprint density at radius 1 is 1.24 bits per heavy atom. The lowest BCUT2D eigenvalue weighted by Gasteiger charge is -2.22. The molecule has 1 fully saturated rings. The molecule has 0 spiro atoms. The number of ether oxygens (including phenoxy) is 1. The smallest absolute Gasteiger partial charge is 0.415 e. The zero-order chi connectivity index (χ0) is 17.8. The third-order valence-electron chi connectivity index (χ3n) is 4.24. The van der Waals surface area contributed by atoms with Crippen LogP contribution in [0.3, 0.4) is 0 Å². The number of cyclic esters (lactones) is 1. The number of nitrogens with zero attached hydrogens (tertiary/aromatic N) is 3. The van der Waals surface area contributed by atoms with Crippen LogP contribution in [0.25, 0.3) is 0 Å². The fourth-order valence-corrected chi connectivity index (χ4v) is 3.03. The van der Waals surface area contributed by atoms with Crippen LogP contribution in [0.1, 0.15) is 38.8 Å². The maximum Gasteiger partial charge on any atom is 0.415 e. The molecule has 132 valence electrons. The van der Waals surface area contributed by atoms with Crippen molar-refractivity contribution in [3.05, 3.63) is 48.2 Å². The largest absolute Gasteiger partial charge is 0.447 e. The topological polar surface area (TPSA) is 67.3 Å². The van der Waals surface area contributed by atoms with E-state index in [2.05, 4.69) is 48.2 Å². The molecule has 6 nitrogen and oxygen atoms in total. The van der Waals surface area contributed by atoms with Gasteiger partial charge in [0.15, 0.2) is 0 Å². The predicted octanol–water partition coefficient (Wildman–Crippen LogP) is 4.02. The molecule has 2 atom stereocenters. The molecule has 2 aromatic rings. The predicted molar refractivity (Wildman–Crippen MR) is 97.6 cm³/mol. The SMILES string of the molecule is CC(C)C[C@H]1COC(=O)N1c1ccnc(N[C@H](C)c2ccccc2)n1. The molecule has 25 heavy (non-hydrogen) atoms. The second kappa shape index (κ2) is 7.51. The summed E-state index contributed by atoms with van der Waals surface area (Å²) < 4.78 is 5.23. The molecule has 1 aliphatic rings. The van der Waals surface area contributed by atoms with Gasteiger partial charge in [-0.3, -0.25) is 4.90 Å². The summed E-state index contributed by atoms with van der Waals surface area (Å²) >= 11 is 0. The summed E-state index contributed by atoms with van der Waals surface area (Å²) in [6, 6.07) is 11.9. The van der Waals surface area contributed by atoms with E-state index in [1.54, 1.807) is 17.2 Å². The first-order chi connectivity index (χ1) is 12.0. The van der Waals surface area contributed by atoms with Gasteiger partial charge in [-0.1, -0.05) is 44.2 Å². The Balaban J connectivity index is 1.77. The molecule has 6 heteroatoms. The molecule has 0 bridgehead atoms. The number of aromatic nitrogens is 2. The summed E-state index contributed by atoms with van der Waals surface area (Å²) in [5.74, 6) is 1.54. The van der Waals surface area contributed by atoms with Gasteiger partial charge in [0, 0.05) is 6.20 Å². The average Bonchev–Trinajstić information content (AvgIpc) is 2.95. The van der Waals surface area contributed by atoms with E-state index < -0.39 is 0 Å². The minimum Gasteiger partial charge on any atom is -0.447 e. The zero-order valence-corrected chi connectivity index (χ0v) is 14.8. The molecule has 3 rings (SSSR count). The maximum absolute atomic E-state index is 12.1. The Kier molecular flexibility index (Phi) is 5.16. The van der Waals surface area contributed by atoms with E-state index in [0.717, 1.165) is 12.0 Å². The molecule has 1 aromatic carbocycles. The van der Waals surface area contributed by atoms with E-state index in [9.17, 15) is 4.79 Å². The molecule has 2 heterocycles. The summed E-state index contributed by atoms with van der Waals surface area (Å²) in [6.45, 7) is 6.73. The van der Waals surface area contributed by atoms with Crippen LogP contribution in [0.4, 0.5) is 16.6 Å². The number of carbonyl (C=O) groups is 1. The number of nitrogens with one attached hydrogen (secondary N) is 1. The quantitative estimate of drug-likeness (QED) is 0.860. The van der Waals surface area contributed by atoms with Crippen LogP contribution < -0.4 is 10.2 Å². The summed E-state index contributed by atoms with van der Waals surface area (Å²) in [6.07, 6.45) is 2.20. The number of benzene rings is 1. The van der Waals surface area contributed by atoms with Gasteiger partial charge < -0.3 is 10.1 Å². The van der Waals surface area contributed by atoms with Crippen LogP contribution in [0.2, 0.25) is 0 Å². The Labute approximate surface area is 148 Å². The van der Waals surface area contributed by atoms with Crippen LogP contribution in [-0.4, -0.2) is 28.7 Å². The molecule has 1 amide bonds. The number of hydrogen-bond donors (Lipinski definition) is 1. The lowest BCUT2D eigenvalue weighted by atomic mass is 10.0. The monoisotopic (exact) mass is 340 g/mol. The Bertz CT molecular complexity index is 720. The van der Waals surface area contributed by atoms with Crippen LogP contribution in [0.5, 0.6) is 0 Å². The van der Waals surface area contributed by atoms with Crippen molar-refractivity contribution < 1.29 is 9.53 Å². The van der Waals surface area contributed by atoms with E-state index in [1.807, 2.05) is 18.2 Å². The fourth-order valence-electron chi connectivity index (χ4n) is 3.03. The third kappa shape index (κ3) is 4.07. The van der Waals surface area contributed by atoms with E-state index >= 15 is 0 Å². The second-order valence-corrected chi connectivity index (χ2v) is 6.75. The van der Waals surface area contributed by atoms with Crippen molar-refractivity contribution in [1.29, 1.82) is 0 Å². The molecule has 1 aliphatic heterocycles. The number of anilines is 2. The first-order valence-electron chi connectivity index (χ1n) is 8.65. The second-order valence-electron chi connectivity index (χ2n) is 6.75. The van der Waals surface area contributed by atoms with Crippen molar-refractivity contribution in [2.45, 2.75) is 39.3 Å². The standard InChI is InChI=1S/C19H24N4O2/c1-13(2)11-16-12-25-19(24)23(16)17-9-10-20-18(22-17)21-14(3)15-7-5-4-6-8-15/h4-10,13-14,16H,11-12H2,1-3H3,(H,20,21,22)/t14-,16+/m1/s1. The summed E-state index contributed by atoms with van der Waals surface area (Å²) in [5, 5.41) is 3.29. The number of carbonyl (C=O) groups excluding carboxylic acids is 1. The van der Waals surface area contributed by atoms with Gasteiger partial charge in [0.05, 0.1) is 12.1 Å². The number of rotatable bonds is 6. The van der Waals surface area contributed by atoms with Gasteiger partial charge in [-0.15, -0.1) is 0 Å². The molecular formula is C19H24N4O2. The van der Waals surface area contributed by atoms with Gasteiger partial charge in [0.2, 0.25) is 5.95 Å². The van der Waals surface area contributed by atoms with Gasteiger partial charge in [-0.2, -0.15) is 4.98 Å². The van der Waals surface area contributed by atoms with Crippen LogP contribution in [0.15, 0.2) is 42.6 Å². The molecule has 0 aliphatic carbocycles. The summed E-state index contributed by atoms with van der Waals surface area (Å²) in [7, 11) is 0.